The van der Waals surface area contributed by atoms with Crippen molar-refractivity contribution >= 4 is 29.2 Å². The zero-order valence-electron chi connectivity index (χ0n) is 12.7. The van der Waals surface area contributed by atoms with Crippen molar-refractivity contribution in [3.63, 3.8) is 0 Å². The summed E-state index contributed by atoms with van der Waals surface area (Å²) in [5.74, 6) is -0.518. The molecular formula is C18H12Cl2N2O2. The predicted octanol–water partition coefficient (Wildman–Crippen LogP) is 4.98. The number of ether oxygens (including phenoxy) is 1. The molecule has 0 atom stereocenters. The van der Waals surface area contributed by atoms with Crippen LogP contribution >= 0.6 is 23.2 Å². The van der Waals surface area contributed by atoms with Gasteiger partial charge in [0.15, 0.2) is 0 Å². The Hall–Kier alpha value is -2.43. The van der Waals surface area contributed by atoms with Gasteiger partial charge in [-0.15, -0.1) is 10.2 Å². The van der Waals surface area contributed by atoms with Crippen LogP contribution in [0.1, 0.15) is 15.9 Å². The van der Waals surface area contributed by atoms with Crippen molar-refractivity contribution in [2.75, 3.05) is 0 Å². The van der Waals surface area contributed by atoms with Crippen LogP contribution in [0.25, 0.3) is 11.3 Å². The summed E-state index contributed by atoms with van der Waals surface area (Å²) in [6.45, 7) is 2.01. The lowest BCUT2D eigenvalue weighted by molar-refractivity contribution is 0.0726. The minimum absolute atomic E-state index is 0.0990. The van der Waals surface area contributed by atoms with Gasteiger partial charge in [0, 0.05) is 16.7 Å². The van der Waals surface area contributed by atoms with E-state index < -0.39 is 5.97 Å². The molecule has 6 heteroatoms. The molecule has 24 heavy (non-hydrogen) atoms. The Morgan fingerprint density at radius 1 is 0.958 bits per heavy atom. The van der Waals surface area contributed by atoms with Crippen LogP contribution in [0.4, 0.5) is 0 Å². The van der Waals surface area contributed by atoms with Gasteiger partial charge in [-0.3, -0.25) is 0 Å². The minimum atomic E-state index is -0.617. The fourth-order valence-corrected chi connectivity index (χ4v) is 2.54. The fourth-order valence-electron chi connectivity index (χ4n) is 2.06. The number of rotatable bonds is 3. The molecule has 0 saturated heterocycles. The van der Waals surface area contributed by atoms with Crippen molar-refractivity contribution in [1.82, 2.24) is 10.2 Å². The van der Waals surface area contributed by atoms with Gasteiger partial charge in [0.1, 0.15) is 0 Å². The van der Waals surface area contributed by atoms with Crippen LogP contribution in [-0.4, -0.2) is 16.2 Å². The number of hydrogen-bond acceptors (Lipinski definition) is 4. The first-order chi connectivity index (χ1) is 11.5. The third-order valence-corrected chi connectivity index (χ3v) is 3.88. The normalized spacial score (nSPS) is 10.5. The van der Waals surface area contributed by atoms with E-state index in [1.807, 2.05) is 31.2 Å². The molecule has 0 unspecified atom stereocenters. The first kappa shape index (κ1) is 16.4. The van der Waals surface area contributed by atoms with E-state index in [-0.39, 0.29) is 16.5 Å². The van der Waals surface area contributed by atoms with Gasteiger partial charge in [0.2, 0.25) is 5.88 Å². The molecule has 3 aromatic rings. The smallest absolute Gasteiger partial charge is 0.346 e. The molecule has 120 valence electrons. The highest BCUT2D eigenvalue weighted by Gasteiger charge is 2.14. The average Bonchev–Trinajstić information content (AvgIpc) is 2.56. The standard InChI is InChI=1S/C18H12Cl2N2O2/c1-11-2-4-12(5-3-11)16-8-9-17(22-21-16)24-18(23)14-7-6-13(19)10-15(14)20/h2-10H,1H3. The maximum absolute atomic E-state index is 12.1. The molecule has 0 saturated carbocycles. The van der Waals surface area contributed by atoms with E-state index in [4.69, 9.17) is 27.9 Å². The molecule has 0 bridgehead atoms. The number of carbonyl (C=O) groups excluding carboxylic acids is 1. The molecule has 1 aromatic heterocycles. The van der Waals surface area contributed by atoms with Gasteiger partial charge in [-0.25, -0.2) is 4.79 Å². The fraction of sp³-hybridized carbons (Fsp3) is 0.0556. The summed E-state index contributed by atoms with van der Waals surface area (Å²) in [6, 6.07) is 15.8. The molecule has 0 spiro atoms. The number of hydrogen-bond donors (Lipinski definition) is 0. The quantitative estimate of drug-likeness (QED) is 0.619. The third-order valence-electron chi connectivity index (χ3n) is 3.34. The van der Waals surface area contributed by atoms with Gasteiger partial charge >= 0.3 is 5.97 Å². The second-order valence-corrected chi connectivity index (χ2v) is 5.98. The van der Waals surface area contributed by atoms with E-state index in [1.54, 1.807) is 18.2 Å². The van der Waals surface area contributed by atoms with Crippen LogP contribution in [0.15, 0.2) is 54.6 Å². The van der Waals surface area contributed by atoms with Crippen molar-refractivity contribution in [3.8, 4) is 17.1 Å². The first-order valence-electron chi connectivity index (χ1n) is 7.11. The minimum Gasteiger partial charge on any atom is -0.402 e. The monoisotopic (exact) mass is 358 g/mol. The first-order valence-corrected chi connectivity index (χ1v) is 7.86. The topological polar surface area (TPSA) is 52.1 Å². The Morgan fingerprint density at radius 3 is 2.33 bits per heavy atom. The summed E-state index contributed by atoms with van der Waals surface area (Å²) in [4.78, 5) is 12.1. The Kier molecular flexibility index (Phi) is 4.79. The van der Waals surface area contributed by atoms with Gasteiger partial charge in [-0.1, -0.05) is 53.0 Å². The number of nitrogens with zero attached hydrogens (tertiary/aromatic N) is 2. The molecule has 0 aliphatic rings. The van der Waals surface area contributed by atoms with Crippen LogP contribution in [-0.2, 0) is 0 Å². The molecule has 2 aromatic carbocycles. The molecule has 0 radical (unpaired) electrons. The highest BCUT2D eigenvalue weighted by molar-refractivity contribution is 6.36. The molecule has 4 nitrogen and oxygen atoms in total. The highest BCUT2D eigenvalue weighted by atomic mass is 35.5. The van der Waals surface area contributed by atoms with E-state index in [1.165, 1.54) is 12.1 Å². The summed E-state index contributed by atoms with van der Waals surface area (Å²) >= 11 is 11.8. The van der Waals surface area contributed by atoms with Crippen LogP contribution < -0.4 is 4.74 Å². The number of benzene rings is 2. The van der Waals surface area contributed by atoms with Crippen LogP contribution in [0.3, 0.4) is 0 Å². The second kappa shape index (κ2) is 6.99. The van der Waals surface area contributed by atoms with E-state index in [2.05, 4.69) is 10.2 Å². The lowest BCUT2D eigenvalue weighted by Crippen LogP contribution is -2.10. The maximum Gasteiger partial charge on any atom is 0.346 e. The molecule has 3 rings (SSSR count). The van der Waals surface area contributed by atoms with Crippen molar-refractivity contribution in [2.45, 2.75) is 6.92 Å². The predicted molar refractivity (Wildman–Crippen MR) is 93.6 cm³/mol. The lowest BCUT2D eigenvalue weighted by Gasteiger charge is -2.06. The van der Waals surface area contributed by atoms with Crippen molar-refractivity contribution in [3.05, 3.63) is 75.8 Å². The Morgan fingerprint density at radius 2 is 1.71 bits per heavy atom. The van der Waals surface area contributed by atoms with E-state index >= 15 is 0 Å². The zero-order valence-corrected chi connectivity index (χ0v) is 14.2. The largest absolute Gasteiger partial charge is 0.402 e. The Balaban J connectivity index is 1.76. The van der Waals surface area contributed by atoms with E-state index in [9.17, 15) is 4.79 Å². The second-order valence-electron chi connectivity index (χ2n) is 5.14. The highest BCUT2D eigenvalue weighted by Crippen LogP contribution is 2.23. The van der Waals surface area contributed by atoms with Crippen LogP contribution in [0.5, 0.6) is 5.88 Å². The molecule has 0 aliphatic carbocycles. The van der Waals surface area contributed by atoms with Gasteiger partial charge < -0.3 is 4.74 Å². The summed E-state index contributed by atoms with van der Waals surface area (Å²) in [6.07, 6.45) is 0. The van der Waals surface area contributed by atoms with E-state index in [0.717, 1.165) is 11.1 Å². The van der Waals surface area contributed by atoms with Crippen LogP contribution in [0, 0.1) is 6.92 Å². The zero-order chi connectivity index (χ0) is 17.1. The van der Waals surface area contributed by atoms with Gasteiger partial charge in [-0.05, 0) is 31.2 Å². The van der Waals surface area contributed by atoms with E-state index in [0.29, 0.717) is 10.7 Å². The molecule has 0 amide bonds. The molecule has 0 N–H and O–H groups in total. The maximum atomic E-state index is 12.1. The van der Waals surface area contributed by atoms with Gasteiger partial charge in [0.25, 0.3) is 0 Å². The average molecular weight is 359 g/mol. The van der Waals surface area contributed by atoms with Gasteiger partial charge in [0.05, 0.1) is 16.3 Å². The van der Waals surface area contributed by atoms with Crippen molar-refractivity contribution < 1.29 is 9.53 Å². The number of aromatic nitrogens is 2. The summed E-state index contributed by atoms with van der Waals surface area (Å²) in [5, 5.41) is 8.67. The third kappa shape index (κ3) is 3.72. The molecule has 0 fully saturated rings. The molecule has 0 aliphatic heterocycles. The SMILES string of the molecule is Cc1ccc(-c2ccc(OC(=O)c3ccc(Cl)cc3Cl)nn2)cc1. The van der Waals surface area contributed by atoms with Gasteiger partial charge in [-0.2, -0.15) is 0 Å². The number of aryl methyl sites for hydroxylation is 1. The summed E-state index contributed by atoms with van der Waals surface area (Å²) < 4.78 is 5.19. The van der Waals surface area contributed by atoms with Crippen molar-refractivity contribution in [2.24, 2.45) is 0 Å². The van der Waals surface area contributed by atoms with Crippen molar-refractivity contribution in [1.29, 1.82) is 0 Å². The lowest BCUT2D eigenvalue weighted by atomic mass is 10.1. The Labute approximate surface area is 149 Å². The summed E-state index contributed by atoms with van der Waals surface area (Å²) in [7, 11) is 0. The number of halogens is 2. The molecular weight excluding hydrogens is 347 g/mol. The Bertz CT molecular complexity index is 879. The number of esters is 1. The molecule has 1 heterocycles. The van der Waals surface area contributed by atoms with Crippen LogP contribution in [0.2, 0.25) is 10.0 Å². The summed E-state index contributed by atoms with van der Waals surface area (Å²) in [5.41, 5.74) is 3.01. The number of carbonyl (C=O) groups is 1.